The molecule has 1 aromatic carbocycles. The number of nitrogens with two attached hydrogens (primary N) is 1. The van der Waals surface area contributed by atoms with Crippen molar-refractivity contribution in [1.29, 1.82) is 0 Å². The van der Waals surface area contributed by atoms with E-state index in [2.05, 4.69) is 0 Å². The van der Waals surface area contributed by atoms with Gasteiger partial charge in [0, 0.05) is 0 Å². The van der Waals surface area contributed by atoms with Gasteiger partial charge in [-0.3, -0.25) is 0 Å². The Hall–Kier alpha value is -1.55. The molecule has 0 heterocycles. The van der Waals surface area contributed by atoms with Crippen LogP contribution in [0.25, 0.3) is 0 Å². The summed E-state index contributed by atoms with van der Waals surface area (Å²) in [5, 5.41) is 9.06. The molecule has 1 atom stereocenters. The third kappa shape index (κ3) is 2.10. The Bertz CT molecular complexity index is 347. The summed E-state index contributed by atoms with van der Waals surface area (Å²) in [4.78, 5) is 11.1. The van der Waals surface area contributed by atoms with E-state index in [1.54, 1.807) is 38.3 Å². The highest BCUT2D eigenvalue weighted by Crippen LogP contribution is 2.24. The first-order valence-electron chi connectivity index (χ1n) is 4.71. The van der Waals surface area contributed by atoms with Crippen molar-refractivity contribution in [2.45, 2.75) is 18.9 Å². The zero-order valence-corrected chi connectivity index (χ0v) is 8.86. The van der Waals surface area contributed by atoms with Gasteiger partial charge in [0.05, 0.1) is 7.11 Å². The number of carboxylic acid groups (broad SMARTS) is 1. The van der Waals surface area contributed by atoms with Gasteiger partial charge in [-0.1, -0.05) is 19.1 Å². The van der Waals surface area contributed by atoms with E-state index < -0.39 is 11.5 Å². The molecule has 0 aliphatic heterocycles. The number of hydrogen-bond donors (Lipinski definition) is 2. The van der Waals surface area contributed by atoms with Gasteiger partial charge in [-0.2, -0.15) is 0 Å². The fourth-order valence-electron chi connectivity index (χ4n) is 1.37. The fraction of sp³-hybridized carbons (Fsp3) is 0.364. The number of carbonyl (C=O) groups is 1. The minimum absolute atomic E-state index is 0.342. The van der Waals surface area contributed by atoms with Crippen LogP contribution in [0.5, 0.6) is 5.75 Å². The molecule has 1 aromatic rings. The van der Waals surface area contributed by atoms with Crippen LogP contribution >= 0.6 is 0 Å². The highest BCUT2D eigenvalue weighted by Gasteiger charge is 2.33. The molecule has 4 nitrogen and oxygen atoms in total. The summed E-state index contributed by atoms with van der Waals surface area (Å²) in [6, 6.07) is 6.76. The molecule has 82 valence electrons. The van der Waals surface area contributed by atoms with E-state index in [4.69, 9.17) is 15.6 Å². The van der Waals surface area contributed by atoms with Crippen molar-refractivity contribution in [2.75, 3.05) is 7.11 Å². The van der Waals surface area contributed by atoms with Crippen molar-refractivity contribution < 1.29 is 14.6 Å². The molecule has 0 radical (unpaired) electrons. The molecule has 0 amide bonds. The first kappa shape index (κ1) is 11.5. The molecule has 0 unspecified atom stereocenters. The van der Waals surface area contributed by atoms with Crippen molar-refractivity contribution in [3.05, 3.63) is 29.8 Å². The Morgan fingerprint density at radius 1 is 1.47 bits per heavy atom. The number of ether oxygens (including phenoxy) is 1. The Morgan fingerprint density at radius 3 is 2.33 bits per heavy atom. The van der Waals surface area contributed by atoms with Crippen LogP contribution in [0.4, 0.5) is 0 Å². The topological polar surface area (TPSA) is 72.6 Å². The zero-order chi connectivity index (χ0) is 11.5. The summed E-state index contributed by atoms with van der Waals surface area (Å²) in [5.74, 6) is -0.335. The summed E-state index contributed by atoms with van der Waals surface area (Å²) >= 11 is 0. The van der Waals surface area contributed by atoms with Crippen LogP contribution in [0.1, 0.15) is 18.9 Å². The molecule has 3 N–H and O–H groups in total. The van der Waals surface area contributed by atoms with Gasteiger partial charge < -0.3 is 15.6 Å². The molecular formula is C11H15NO3. The van der Waals surface area contributed by atoms with Gasteiger partial charge in [0.15, 0.2) is 0 Å². The second-order valence-electron chi connectivity index (χ2n) is 3.36. The number of methoxy groups -OCH3 is 1. The standard InChI is InChI=1S/C11H15NO3/c1-3-11(12,10(13)14)8-4-6-9(15-2)7-5-8/h4-7H,3,12H2,1-2H3,(H,13,14)/t11-/m0/s1. The smallest absolute Gasteiger partial charge is 0.328 e. The lowest BCUT2D eigenvalue weighted by atomic mass is 9.88. The van der Waals surface area contributed by atoms with Gasteiger partial charge in [0.1, 0.15) is 11.3 Å². The van der Waals surface area contributed by atoms with Crippen molar-refractivity contribution >= 4 is 5.97 Å². The second-order valence-corrected chi connectivity index (χ2v) is 3.36. The minimum Gasteiger partial charge on any atom is -0.497 e. The maximum Gasteiger partial charge on any atom is 0.328 e. The monoisotopic (exact) mass is 209 g/mol. The summed E-state index contributed by atoms with van der Waals surface area (Å²) in [7, 11) is 1.56. The van der Waals surface area contributed by atoms with Crippen LogP contribution in [-0.4, -0.2) is 18.2 Å². The van der Waals surface area contributed by atoms with Crippen LogP contribution in [0.2, 0.25) is 0 Å². The van der Waals surface area contributed by atoms with Gasteiger partial charge >= 0.3 is 5.97 Å². The number of rotatable bonds is 4. The van der Waals surface area contributed by atoms with E-state index in [1.165, 1.54) is 0 Å². The van der Waals surface area contributed by atoms with Crippen LogP contribution in [-0.2, 0) is 10.3 Å². The van der Waals surface area contributed by atoms with Crippen LogP contribution in [0.15, 0.2) is 24.3 Å². The van der Waals surface area contributed by atoms with Gasteiger partial charge in [-0.05, 0) is 24.1 Å². The maximum atomic E-state index is 11.1. The van der Waals surface area contributed by atoms with Gasteiger partial charge in [0.25, 0.3) is 0 Å². The van der Waals surface area contributed by atoms with Crippen molar-refractivity contribution in [2.24, 2.45) is 5.73 Å². The molecule has 0 fully saturated rings. The lowest BCUT2D eigenvalue weighted by Gasteiger charge is -2.23. The first-order valence-corrected chi connectivity index (χ1v) is 4.71. The van der Waals surface area contributed by atoms with E-state index in [-0.39, 0.29) is 0 Å². The normalized spacial score (nSPS) is 14.3. The van der Waals surface area contributed by atoms with Gasteiger partial charge in [-0.25, -0.2) is 4.79 Å². The third-order valence-corrected chi connectivity index (χ3v) is 2.54. The predicted octanol–water partition coefficient (Wildman–Crippen LogP) is 1.34. The molecule has 15 heavy (non-hydrogen) atoms. The zero-order valence-electron chi connectivity index (χ0n) is 8.86. The number of aliphatic carboxylic acids is 1. The van der Waals surface area contributed by atoms with Crippen LogP contribution in [0.3, 0.4) is 0 Å². The van der Waals surface area contributed by atoms with Crippen molar-refractivity contribution in [3.8, 4) is 5.75 Å². The highest BCUT2D eigenvalue weighted by molar-refractivity contribution is 5.80. The van der Waals surface area contributed by atoms with E-state index >= 15 is 0 Å². The lowest BCUT2D eigenvalue weighted by molar-refractivity contribution is -0.143. The average Bonchev–Trinajstić information content (AvgIpc) is 2.28. The Kier molecular flexibility index (Phi) is 3.31. The largest absolute Gasteiger partial charge is 0.497 e. The average molecular weight is 209 g/mol. The molecule has 1 rings (SSSR count). The van der Waals surface area contributed by atoms with E-state index in [0.717, 1.165) is 0 Å². The van der Waals surface area contributed by atoms with Crippen molar-refractivity contribution in [1.82, 2.24) is 0 Å². The summed E-state index contributed by atoms with van der Waals surface area (Å²) in [6.45, 7) is 1.75. The van der Waals surface area contributed by atoms with Crippen molar-refractivity contribution in [3.63, 3.8) is 0 Å². The summed E-state index contributed by atoms with van der Waals surface area (Å²) in [6.07, 6.45) is 0.342. The maximum absolute atomic E-state index is 11.1. The fourth-order valence-corrected chi connectivity index (χ4v) is 1.37. The lowest BCUT2D eigenvalue weighted by Crippen LogP contribution is -2.44. The van der Waals surface area contributed by atoms with Gasteiger partial charge in [0.2, 0.25) is 0 Å². The number of carboxylic acids is 1. The van der Waals surface area contributed by atoms with Crippen LogP contribution < -0.4 is 10.5 Å². The van der Waals surface area contributed by atoms with E-state index in [9.17, 15) is 4.79 Å². The highest BCUT2D eigenvalue weighted by atomic mass is 16.5. The first-order chi connectivity index (χ1) is 7.04. The molecule has 0 aliphatic carbocycles. The Balaban J connectivity index is 3.08. The molecule has 0 saturated heterocycles. The molecule has 4 heteroatoms. The van der Waals surface area contributed by atoms with Gasteiger partial charge in [-0.15, -0.1) is 0 Å². The van der Waals surface area contributed by atoms with Crippen LogP contribution in [0, 0.1) is 0 Å². The predicted molar refractivity (Wildman–Crippen MR) is 56.8 cm³/mol. The summed E-state index contributed by atoms with van der Waals surface area (Å²) < 4.78 is 4.99. The molecule has 0 aliphatic rings. The molecule has 0 saturated carbocycles. The third-order valence-electron chi connectivity index (χ3n) is 2.54. The Morgan fingerprint density at radius 2 is 2.00 bits per heavy atom. The SMILES string of the molecule is CC[C@@](N)(C(=O)O)c1ccc(OC)cc1. The quantitative estimate of drug-likeness (QED) is 0.785. The summed E-state index contributed by atoms with van der Waals surface area (Å²) in [5.41, 5.74) is 5.08. The van der Waals surface area contributed by atoms with E-state index in [0.29, 0.717) is 17.7 Å². The molecule has 0 aromatic heterocycles. The van der Waals surface area contributed by atoms with E-state index in [1.807, 2.05) is 0 Å². The number of benzene rings is 1. The Labute approximate surface area is 88.7 Å². The minimum atomic E-state index is -1.31. The molecular weight excluding hydrogens is 194 g/mol. The second kappa shape index (κ2) is 4.31. The molecule has 0 bridgehead atoms. The number of hydrogen-bond acceptors (Lipinski definition) is 3. The molecule has 0 spiro atoms.